The van der Waals surface area contributed by atoms with Gasteiger partial charge in [-0.1, -0.05) is 48.0 Å². The maximum Gasteiger partial charge on any atom is 0.281 e. The summed E-state index contributed by atoms with van der Waals surface area (Å²) in [7, 11) is 0. The second-order valence-corrected chi connectivity index (χ2v) is 5.46. The van der Waals surface area contributed by atoms with E-state index >= 15 is 0 Å². The summed E-state index contributed by atoms with van der Waals surface area (Å²) in [5.41, 5.74) is 4.52. The van der Waals surface area contributed by atoms with E-state index in [-0.39, 0.29) is 5.56 Å². The van der Waals surface area contributed by atoms with Crippen molar-refractivity contribution in [3.63, 3.8) is 0 Å². The second-order valence-electron chi connectivity index (χ2n) is 5.46. The molecule has 0 fully saturated rings. The van der Waals surface area contributed by atoms with Crippen molar-refractivity contribution in [3.8, 4) is 16.8 Å². The number of aryl methyl sites for hydroxylation is 2. The highest BCUT2D eigenvalue weighted by atomic mass is 16.1. The predicted octanol–water partition coefficient (Wildman–Crippen LogP) is 3.82. The minimum absolute atomic E-state index is 0.176. The minimum atomic E-state index is -0.176. The van der Waals surface area contributed by atoms with E-state index in [1.165, 1.54) is 5.56 Å². The summed E-state index contributed by atoms with van der Waals surface area (Å²) in [6.45, 7) is 5.89. The molecule has 22 heavy (non-hydrogen) atoms. The highest BCUT2D eigenvalue weighted by molar-refractivity contribution is 5.65. The van der Waals surface area contributed by atoms with E-state index in [0.29, 0.717) is 11.4 Å². The van der Waals surface area contributed by atoms with E-state index in [2.05, 4.69) is 36.2 Å². The topological polar surface area (TPSA) is 34.9 Å². The van der Waals surface area contributed by atoms with Crippen LogP contribution in [0.1, 0.15) is 17.1 Å². The van der Waals surface area contributed by atoms with E-state index < -0.39 is 0 Å². The molecule has 0 saturated carbocycles. The van der Waals surface area contributed by atoms with Gasteiger partial charge in [0.15, 0.2) is 0 Å². The molecule has 2 aromatic carbocycles. The zero-order valence-corrected chi connectivity index (χ0v) is 13.0. The molecular formula is C19H18N2O. The molecule has 0 N–H and O–H groups in total. The molecule has 0 radical (unpaired) electrons. The fourth-order valence-electron chi connectivity index (χ4n) is 2.77. The molecule has 3 aromatic rings. The summed E-state index contributed by atoms with van der Waals surface area (Å²) in [5.74, 6) is 0.700. The molecule has 0 aliphatic heterocycles. The molecule has 3 nitrogen and oxygen atoms in total. The monoisotopic (exact) mass is 290 g/mol. The lowest BCUT2D eigenvalue weighted by Crippen LogP contribution is -2.20. The Bertz CT molecular complexity index is 862. The van der Waals surface area contributed by atoms with Crippen molar-refractivity contribution in [2.75, 3.05) is 0 Å². The lowest BCUT2D eigenvalue weighted by atomic mass is 10.1. The Balaban J connectivity index is 2.29. The number of rotatable bonds is 2. The van der Waals surface area contributed by atoms with Crippen LogP contribution in [0.4, 0.5) is 0 Å². The van der Waals surface area contributed by atoms with Gasteiger partial charge >= 0.3 is 0 Å². The minimum Gasteiger partial charge on any atom is -0.302 e. The van der Waals surface area contributed by atoms with Crippen LogP contribution in [0.15, 0.2) is 59.4 Å². The summed E-state index contributed by atoms with van der Waals surface area (Å²) >= 11 is 0. The van der Waals surface area contributed by atoms with Gasteiger partial charge in [-0.3, -0.25) is 4.79 Å². The maximum absolute atomic E-state index is 12.4. The molecule has 110 valence electrons. The summed E-state index contributed by atoms with van der Waals surface area (Å²) in [4.78, 5) is 16.6. The number of nitrogens with zero attached hydrogens (tertiary/aromatic N) is 2. The van der Waals surface area contributed by atoms with Crippen molar-refractivity contribution in [2.45, 2.75) is 20.8 Å². The van der Waals surface area contributed by atoms with Gasteiger partial charge < -0.3 is 4.57 Å². The molecule has 0 atom stereocenters. The fraction of sp³-hybridized carbons (Fsp3) is 0.158. The smallest absolute Gasteiger partial charge is 0.281 e. The lowest BCUT2D eigenvalue weighted by molar-refractivity contribution is 0.856. The van der Waals surface area contributed by atoms with Crippen molar-refractivity contribution in [1.29, 1.82) is 0 Å². The lowest BCUT2D eigenvalue weighted by Gasteiger charge is -2.17. The SMILES string of the molecule is Cc1ccc(-n2c(C)nc(=O)c(-c3ccccc3)c2C)cc1. The Labute approximate surface area is 129 Å². The van der Waals surface area contributed by atoms with Gasteiger partial charge in [0.25, 0.3) is 5.56 Å². The third-order valence-corrected chi connectivity index (χ3v) is 3.85. The van der Waals surface area contributed by atoms with Crippen LogP contribution in [-0.4, -0.2) is 9.55 Å². The molecule has 0 aliphatic carbocycles. The van der Waals surface area contributed by atoms with Crippen LogP contribution < -0.4 is 5.56 Å². The van der Waals surface area contributed by atoms with E-state index in [1.54, 1.807) is 0 Å². The van der Waals surface area contributed by atoms with Gasteiger partial charge in [-0.05, 0) is 38.5 Å². The first-order valence-corrected chi connectivity index (χ1v) is 7.30. The molecule has 1 aromatic heterocycles. The molecule has 0 amide bonds. The maximum atomic E-state index is 12.4. The molecular weight excluding hydrogens is 272 g/mol. The quantitative estimate of drug-likeness (QED) is 0.719. The van der Waals surface area contributed by atoms with Gasteiger partial charge in [0.05, 0.1) is 5.56 Å². The molecule has 0 bridgehead atoms. The molecule has 0 unspecified atom stereocenters. The van der Waals surface area contributed by atoms with Crippen LogP contribution in [-0.2, 0) is 0 Å². The van der Waals surface area contributed by atoms with Gasteiger partial charge in [0.2, 0.25) is 0 Å². The Morgan fingerprint density at radius 2 is 1.50 bits per heavy atom. The van der Waals surface area contributed by atoms with Crippen molar-refractivity contribution in [1.82, 2.24) is 9.55 Å². The van der Waals surface area contributed by atoms with E-state index in [1.807, 2.05) is 48.7 Å². The summed E-state index contributed by atoms with van der Waals surface area (Å²) in [5, 5.41) is 0. The van der Waals surface area contributed by atoms with Crippen LogP contribution in [0, 0.1) is 20.8 Å². The molecule has 0 spiro atoms. The average Bonchev–Trinajstić information content (AvgIpc) is 2.50. The first-order valence-electron chi connectivity index (χ1n) is 7.30. The van der Waals surface area contributed by atoms with E-state index in [9.17, 15) is 4.79 Å². The number of hydrogen-bond donors (Lipinski definition) is 0. The van der Waals surface area contributed by atoms with Crippen molar-refractivity contribution in [2.24, 2.45) is 0 Å². The zero-order chi connectivity index (χ0) is 15.7. The normalized spacial score (nSPS) is 10.7. The van der Waals surface area contributed by atoms with Gasteiger partial charge in [-0.25, -0.2) is 0 Å². The summed E-state index contributed by atoms with van der Waals surface area (Å²) in [6, 6.07) is 17.9. The van der Waals surface area contributed by atoms with Crippen molar-refractivity contribution in [3.05, 3.63) is 82.0 Å². The highest BCUT2D eigenvalue weighted by Crippen LogP contribution is 2.22. The Kier molecular flexibility index (Phi) is 3.63. The Hall–Kier alpha value is -2.68. The first kappa shape index (κ1) is 14.3. The van der Waals surface area contributed by atoms with Crippen LogP contribution in [0.25, 0.3) is 16.8 Å². The summed E-state index contributed by atoms with van der Waals surface area (Å²) < 4.78 is 2.03. The average molecular weight is 290 g/mol. The number of aromatic nitrogens is 2. The largest absolute Gasteiger partial charge is 0.302 e. The van der Waals surface area contributed by atoms with Crippen molar-refractivity contribution < 1.29 is 0 Å². The molecule has 3 rings (SSSR count). The molecule has 1 heterocycles. The van der Waals surface area contributed by atoms with Crippen LogP contribution in [0.2, 0.25) is 0 Å². The number of benzene rings is 2. The van der Waals surface area contributed by atoms with Gasteiger partial charge in [0.1, 0.15) is 5.82 Å². The predicted molar refractivity (Wildman–Crippen MR) is 89.5 cm³/mol. The van der Waals surface area contributed by atoms with Crippen LogP contribution >= 0.6 is 0 Å². The molecule has 0 saturated heterocycles. The van der Waals surface area contributed by atoms with Gasteiger partial charge in [-0.15, -0.1) is 0 Å². The zero-order valence-electron chi connectivity index (χ0n) is 13.0. The standard InChI is InChI=1S/C19H18N2O/c1-13-9-11-17(12-10-13)21-14(2)18(19(22)20-15(21)3)16-7-5-4-6-8-16/h4-12H,1-3H3. The Morgan fingerprint density at radius 1 is 0.864 bits per heavy atom. The van der Waals surface area contributed by atoms with Crippen LogP contribution in [0.5, 0.6) is 0 Å². The van der Waals surface area contributed by atoms with E-state index in [4.69, 9.17) is 0 Å². The molecule has 0 aliphatic rings. The fourth-order valence-corrected chi connectivity index (χ4v) is 2.77. The van der Waals surface area contributed by atoms with Gasteiger partial charge in [0, 0.05) is 11.4 Å². The highest BCUT2D eigenvalue weighted by Gasteiger charge is 2.14. The van der Waals surface area contributed by atoms with Crippen LogP contribution in [0.3, 0.4) is 0 Å². The second kappa shape index (κ2) is 5.60. The van der Waals surface area contributed by atoms with Gasteiger partial charge in [-0.2, -0.15) is 4.98 Å². The van der Waals surface area contributed by atoms with E-state index in [0.717, 1.165) is 16.9 Å². The third-order valence-electron chi connectivity index (χ3n) is 3.85. The first-order chi connectivity index (χ1) is 10.6. The summed E-state index contributed by atoms with van der Waals surface area (Å²) in [6.07, 6.45) is 0. The molecule has 3 heteroatoms. The Morgan fingerprint density at radius 3 is 2.14 bits per heavy atom. The number of hydrogen-bond acceptors (Lipinski definition) is 2. The third kappa shape index (κ3) is 2.46. The van der Waals surface area contributed by atoms with Crippen molar-refractivity contribution >= 4 is 0 Å².